The number of rotatable bonds is 4. The van der Waals surface area contributed by atoms with Crippen molar-refractivity contribution in [1.29, 1.82) is 0 Å². The Morgan fingerprint density at radius 3 is 1.66 bits per heavy atom. The predicted octanol–water partition coefficient (Wildman–Crippen LogP) is 5.47. The summed E-state index contributed by atoms with van der Waals surface area (Å²) in [6.45, 7) is 1.79. The lowest BCUT2D eigenvalue weighted by molar-refractivity contribution is 0.281. The maximum Gasteiger partial charge on any atom is 0.181 e. The van der Waals surface area contributed by atoms with Crippen molar-refractivity contribution in [2.75, 3.05) is 0 Å². The van der Waals surface area contributed by atoms with Gasteiger partial charge in [0, 0.05) is 20.9 Å². The van der Waals surface area contributed by atoms with Crippen LogP contribution >= 0.6 is 11.8 Å². The first-order valence-electron chi connectivity index (χ1n) is 10.9. The van der Waals surface area contributed by atoms with Gasteiger partial charge in [0.15, 0.2) is 5.75 Å². The van der Waals surface area contributed by atoms with Crippen LogP contribution in [0.15, 0.2) is 88.7 Å². The summed E-state index contributed by atoms with van der Waals surface area (Å²) < 4.78 is 0. The summed E-state index contributed by atoms with van der Waals surface area (Å²) in [6.07, 6.45) is 0. The molecule has 4 nitrogen and oxygen atoms in total. The van der Waals surface area contributed by atoms with Gasteiger partial charge in [-0.2, -0.15) is 0 Å². The van der Waals surface area contributed by atoms with E-state index in [-0.39, 0.29) is 19.0 Å². The minimum absolute atomic E-state index is 0.00785. The molecule has 1 heterocycles. The second-order valence-electron chi connectivity index (χ2n) is 7.81. The van der Waals surface area contributed by atoms with Gasteiger partial charge in [-0.05, 0) is 90.1 Å². The summed E-state index contributed by atoms with van der Waals surface area (Å²) >= 11 is 1.52. The van der Waals surface area contributed by atoms with Crippen LogP contribution in [-0.4, -0.2) is 15.2 Å². The Kier molecular flexibility index (Phi) is 7.88. The van der Waals surface area contributed by atoms with Gasteiger partial charge >= 0.3 is 0 Å². The van der Waals surface area contributed by atoms with Gasteiger partial charge in [0.1, 0.15) is 11.4 Å². The zero-order chi connectivity index (χ0) is 24.6. The molecule has 1 aromatic heterocycles. The lowest BCUT2D eigenvalue weighted by atomic mass is 10.1. The number of benzene rings is 3. The summed E-state index contributed by atoms with van der Waals surface area (Å²) in [5.74, 6) is 12.5. The summed E-state index contributed by atoms with van der Waals surface area (Å²) in [6, 6.07) is 23.9. The first-order valence-corrected chi connectivity index (χ1v) is 11.8. The largest absolute Gasteiger partial charge is 0.392 e. The van der Waals surface area contributed by atoms with Crippen LogP contribution in [0.5, 0.6) is 5.75 Å². The van der Waals surface area contributed by atoms with Crippen molar-refractivity contribution in [3.63, 3.8) is 0 Å². The molecule has 5 heteroatoms. The van der Waals surface area contributed by atoms with Crippen molar-refractivity contribution < 1.29 is 15.3 Å². The van der Waals surface area contributed by atoms with Crippen LogP contribution in [0.1, 0.15) is 39.2 Å². The Labute approximate surface area is 209 Å². The quantitative estimate of drug-likeness (QED) is 0.383. The van der Waals surface area contributed by atoms with E-state index >= 15 is 0 Å². The number of aliphatic hydroxyl groups excluding tert-OH is 2. The molecule has 0 bridgehead atoms. The van der Waals surface area contributed by atoms with Gasteiger partial charge in [-0.3, -0.25) is 5.11 Å². The van der Waals surface area contributed by atoms with Crippen LogP contribution in [0.3, 0.4) is 0 Å². The van der Waals surface area contributed by atoms with Crippen LogP contribution in [0.25, 0.3) is 0 Å². The molecule has 35 heavy (non-hydrogen) atoms. The third-order valence-corrected chi connectivity index (χ3v) is 6.08. The summed E-state index contributed by atoms with van der Waals surface area (Å²) in [4.78, 5) is 6.48. The van der Waals surface area contributed by atoms with E-state index in [2.05, 4.69) is 28.7 Å². The lowest BCUT2D eigenvalue weighted by Crippen LogP contribution is -1.91. The number of aromatic nitrogens is 1. The Morgan fingerprint density at radius 1 is 0.686 bits per heavy atom. The Bertz CT molecular complexity index is 1370. The highest BCUT2D eigenvalue weighted by Crippen LogP contribution is 2.31. The smallest absolute Gasteiger partial charge is 0.181 e. The Balaban J connectivity index is 1.67. The van der Waals surface area contributed by atoms with E-state index in [4.69, 9.17) is 0 Å². The molecule has 0 unspecified atom stereocenters. The normalized spacial score (nSPS) is 10.1. The first-order chi connectivity index (χ1) is 17.0. The number of pyridine rings is 1. The van der Waals surface area contributed by atoms with Crippen molar-refractivity contribution in [2.45, 2.75) is 29.9 Å². The molecule has 4 aromatic rings. The Morgan fingerprint density at radius 2 is 1.20 bits per heavy atom. The van der Waals surface area contributed by atoms with Gasteiger partial charge in [0.25, 0.3) is 0 Å². The molecule has 1 radical (unpaired) electrons. The van der Waals surface area contributed by atoms with Crippen molar-refractivity contribution in [2.24, 2.45) is 0 Å². The molecule has 0 atom stereocenters. The summed E-state index contributed by atoms with van der Waals surface area (Å²) in [7, 11) is 0. The molecule has 0 aliphatic carbocycles. The lowest BCUT2D eigenvalue weighted by Gasteiger charge is -2.05. The minimum Gasteiger partial charge on any atom is -0.392 e. The minimum atomic E-state index is -0.00785. The van der Waals surface area contributed by atoms with Gasteiger partial charge in [-0.15, -0.1) is 0 Å². The topological polar surface area (TPSA) is 73.2 Å². The van der Waals surface area contributed by atoms with E-state index in [9.17, 15) is 15.3 Å². The molecular weight excluding hydrogens is 454 g/mol. The van der Waals surface area contributed by atoms with Gasteiger partial charge in [0.05, 0.1) is 13.2 Å². The molecule has 2 N–H and O–H groups in total. The van der Waals surface area contributed by atoms with Crippen LogP contribution < -0.4 is 0 Å². The van der Waals surface area contributed by atoms with Crippen molar-refractivity contribution in [1.82, 2.24) is 4.98 Å². The monoisotopic (exact) mass is 476 g/mol. The highest BCUT2D eigenvalue weighted by molar-refractivity contribution is 7.99. The second-order valence-corrected chi connectivity index (χ2v) is 8.96. The first kappa shape index (κ1) is 24.1. The van der Waals surface area contributed by atoms with Crippen LogP contribution in [0.4, 0.5) is 0 Å². The zero-order valence-corrected chi connectivity index (χ0v) is 19.9. The van der Waals surface area contributed by atoms with Gasteiger partial charge in [-0.25, -0.2) is 4.98 Å². The maximum absolute atomic E-state index is 11.8. The molecule has 4 rings (SSSR count). The molecule has 3 aromatic carbocycles. The average molecular weight is 477 g/mol. The molecule has 0 amide bonds. The number of hydrogen-bond donors (Lipinski definition) is 2. The van der Waals surface area contributed by atoms with E-state index in [1.807, 2.05) is 72.8 Å². The fraction of sp³-hybridized carbons (Fsp3) is 0.100. The summed E-state index contributed by atoms with van der Waals surface area (Å²) in [5.41, 5.74) is 5.16. The van der Waals surface area contributed by atoms with Crippen LogP contribution in [-0.2, 0) is 18.3 Å². The third-order valence-electron chi connectivity index (χ3n) is 5.12. The molecule has 0 aliphatic heterocycles. The zero-order valence-electron chi connectivity index (χ0n) is 19.1. The van der Waals surface area contributed by atoms with Gasteiger partial charge < -0.3 is 10.2 Å². The van der Waals surface area contributed by atoms with E-state index < -0.39 is 0 Å². The maximum atomic E-state index is 11.8. The third kappa shape index (κ3) is 6.76. The van der Waals surface area contributed by atoms with Crippen LogP contribution in [0.2, 0.25) is 0 Å². The molecule has 0 aliphatic rings. The standard InChI is InChI=1S/C30H22NO3S/c1-21-16-28(14-15-30(21)34)35-29-17-26(12-10-22-2-6-24(19-32)7-3-22)31-27(18-29)13-11-23-4-8-25(20-33)9-5-23/h2-9,14-18,32-33H,19-20H2,1H3. The SMILES string of the molecule is Cc1cc(Sc2cc(C#Cc3ccc(CO)cc3)nc(C#Cc3ccc(CO)cc3)c2)ccc1[O]. The van der Waals surface area contributed by atoms with E-state index in [0.717, 1.165) is 32.0 Å². The average Bonchev–Trinajstić information content (AvgIpc) is 2.89. The fourth-order valence-corrected chi connectivity index (χ4v) is 4.16. The van der Waals surface area contributed by atoms with Crippen molar-refractivity contribution >= 4 is 11.8 Å². The number of aliphatic hydroxyl groups is 2. The molecule has 0 saturated carbocycles. The molecule has 0 saturated heterocycles. The van der Waals surface area contributed by atoms with E-state index in [1.165, 1.54) is 11.8 Å². The number of nitrogens with zero attached hydrogens (tertiary/aromatic N) is 1. The fourth-order valence-electron chi connectivity index (χ4n) is 3.17. The van der Waals surface area contributed by atoms with E-state index in [0.29, 0.717) is 17.0 Å². The predicted molar refractivity (Wildman–Crippen MR) is 136 cm³/mol. The van der Waals surface area contributed by atoms with E-state index in [1.54, 1.807) is 13.0 Å². The molecule has 0 spiro atoms. The Hall–Kier alpha value is -4.00. The van der Waals surface area contributed by atoms with Crippen molar-refractivity contribution in [3.05, 3.63) is 118 Å². The highest BCUT2D eigenvalue weighted by atomic mass is 32.2. The van der Waals surface area contributed by atoms with Gasteiger partial charge in [0.2, 0.25) is 0 Å². The number of hydrogen-bond acceptors (Lipinski definition) is 4. The molecule has 171 valence electrons. The summed E-state index contributed by atoms with van der Waals surface area (Å²) in [5, 5.41) is 30.2. The number of aryl methyl sites for hydroxylation is 1. The molecule has 0 fully saturated rings. The highest BCUT2D eigenvalue weighted by Gasteiger charge is 2.06. The van der Waals surface area contributed by atoms with Crippen molar-refractivity contribution in [3.8, 4) is 29.4 Å². The van der Waals surface area contributed by atoms with Gasteiger partial charge in [-0.1, -0.05) is 47.9 Å². The second kappa shape index (κ2) is 11.4. The van der Waals surface area contributed by atoms with Crippen LogP contribution in [0, 0.1) is 30.6 Å². The molecular formula is C30H22NO3S.